The molecule has 0 heterocycles. The molecule has 0 atom stereocenters. The minimum Gasteiger partial charge on any atom is -0.497 e. The molecule has 150 valence electrons. The van der Waals surface area contributed by atoms with E-state index in [1.807, 2.05) is 49.4 Å². The molecular formula is C22H27NO5. The first-order chi connectivity index (χ1) is 13.4. The first kappa shape index (κ1) is 21.3. The normalized spacial score (nSPS) is 10.5. The highest BCUT2D eigenvalue weighted by Gasteiger charge is 2.11. The molecule has 2 aromatic carbocycles. The quantitative estimate of drug-likeness (QED) is 0.670. The highest BCUT2D eigenvalue weighted by molar-refractivity contribution is 5.80. The van der Waals surface area contributed by atoms with Crippen LogP contribution in [0.25, 0.3) is 0 Å². The van der Waals surface area contributed by atoms with Crippen LogP contribution in [0.2, 0.25) is 0 Å². The average Bonchev–Trinajstić information content (AvgIpc) is 2.70. The van der Waals surface area contributed by atoms with Crippen LogP contribution in [0, 0.1) is 6.92 Å². The van der Waals surface area contributed by atoms with Crippen LogP contribution < -0.4 is 14.8 Å². The predicted molar refractivity (Wildman–Crippen MR) is 107 cm³/mol. The summed E-state index contributed by atoms with van der Waals surface area (Å²) in [5.41, 5.74) is 2.99. The molecule has 6 nitrogen and oxygen atoms in total. The molecule has 2 aromatic rings. The predicted octanol–water partition coefficient (Wildman–Crippen LogP) is 3.37. The molecule has 0 bridgehead atoms. The molecule has 0 radical (unpaired) electrons. The number of benzene rings is 2. The summed E-state index contributed by atoms with van der Waals surface area (Å²) in [7, 11) is 1.59. The fraction of sp³-hybridized carbons (Fsp3) is 0.364. The molecule has 0 aromatic heterocycles. The zero-order valence-electron chi connectivity index (χ0n) is 16.8. The lowest BCUT2D eigenvalue weighted by Gasteiger charge is -2.12. The van der Waals surface area contributed by atoms with Crippen LogP contribution in [-0.4, -0.2) is 32.2 Å². The number of hydrogen-bond donors (Lipinski definition) is 1. The third kappa shape index (κ3) is 6.61. The Morgan fingerprint density at radius 2 is 1.75 bits per heavy atom. The van der Waals surface area contributed by atoms with E-state index < -0.39 is 5.97 Å². The smallest absolute Gasteiger partial charge is 0.344 e. The number of carbonyl (C=O) groups excluding carboxylic acids is 2. The summed E-state index contributed by atoms with van der Waals surface area (Å²) in [6.07, 6.45) is 0. The van der Waals surface area contributed by atoms with Crippen molar-refractivity contribution in [2.45, 2.75) is 33.2 Å². The molecular weight excluding hydrogens is 358 g/mol. The van der Waals surface area contributed by atoms with Crippen LogP contribution in [0.5, 0.6) is 11.5 Å². The standard InChI is InChI=1S/C22H27NO5/c1-15(2)18-8-5-16(3)20(11-18)27-14-22(25)28-13-21(24)23-12-17-6-9-19(26-4)10-7-17/h5-11,15H,12-14H2,1-4H3,(H,23,24). The summed E-state index contributed by atoms with van der Waals surface area (Å²) >= 11 is 0. The van der Waals surface area contributed by atoms with E-state index in [0.717, 1.165) is 22.4 Å². The van der Waals surface area contributed by atoms with Crippen LogP contribution in [0.3, 0.4) is 0 Å². The number of aryl methyl sites for hydroxylation is 1. The Balaban J connectivity index is 1.73. The molecule has 0 spiro atoms. The van der Waals surface area contributed by atoms with Gasteiger partial charge in [-0.25, -0.2) is 4.79 Å². The van der Waals surface area contributed by atoms with E-state index in [-0.39, 0.29) is 19.1 Å². The van der Waals surface area contributed by atoms with Crippen molar-refractivity contribution in [2.75, 3.05) is 20.3 Å². The third-order valence-electron chi connectivity index (χ3n) is 4.24. The Kier molecular flexibility index (Phi) is 7.87. The monoisotopic (exact) mass is 385 g/mol. The summed E-state index contributed by atoms with van der Waals surface area (Å²) in [5, 5.41) is 2.70. The summed E-state index contributed by atoms with van der Waals surface area (Å²) in [5.74, 6) is 0.797. The molecule has 0 saturated carbocycles. The SMILES string of the molecule is COc1ccc(CNC(=O)COC(=O)COc2cc(C(C)C)ccc2C)cc1. The van der Waals surface area contributed by atoms with Crippen LogP contribution in [0.4, 0.5) is 0 Å². The van der Waals surface area contributed by atoms with Crippen molar-refractivity contribution in [1.82, 2.24) is 5.32 Å². The van der Waals surface area contributed by atoms with Gasteiger partial charge in [0.25, 0.3) is 5.91 Å². The van der Waals surface area contributed by atoms with Crippen LogP contribution in [0.15, 0.2) is 42.5 Å². The minimum atomic E-state index is -0.589. The zero-order valence-corrected chi connectivity index (χ0v) is 16.8. The number of carbonyl (C=O) groups is 2. The Hall–Kier alpha value is -3.02. The van der Waals surface area contributed by atoms with Crippen molar-refractivity contribution >= 4 is 11.9 Å². The number of methoxy groups -OCH3 is 1. The number of hydrogen-bond acceptors (Lipinski definition) is 5. The van der Waals surface area contributed by atoms with E-state index in [9.17, 15) is 9.59 Å². The fourth-order valence-electron chi connectivity index (χ4n) is 2.45. The van der Waals surface area contributed by atoms with Crippen LogP contribution in [0.1, 0.15) is 36.5 Å². The van der Waals surface area contributed by atoms with Gasteiger partial charge in [-0.2, -0.15) is 0 Å². The van der Waals surface area contributed by atoms with Gasteiger partial charge in [-0.3, -0.25) is 4.79 Å². The molecule has 0 aliphatic heterocycles. The van der Waals surface area contributed by atoms with Gasteiger partial charge in [-0.05, 0) is 47.7 Å². The second-order valence-corrected chi connectivity index (χ2v) is 6.75. The average molecular weight is 385 g/mol. The van der Waals surface area contributed by atoms with Crippen molar-refractivity contribution in [2.24, 2.45) is 0 Å². The van der Waals surface area contributed by atoms with Crippen LogP contribution in [-0.2, 0) is 20.9 Å². The largest absolute Gasteiger partial charge is 0.497 e. The lowest BCUT2D eigenvalue weighted by molar-refractivity contribution is -0.150. The second-order valence-electron chi connectivity index (χ2n) is 6.75. The van der Waals surface area contributed by atoms with Crippen LogP contribution >= 0.6 is 0 Å². The molecule has 0 unspecified atom stereocenters. The van der Waals surface area contributed by atoms with Gasteiger partial charge in [0.05, 0.1) is 7.11 Å². The Labute approximate surface area is 165 Å². The first-order valence-corrected chi connectivity index (χ1v) is 9.17. The molecule has 0 aliphatic carbocycles. The maximum absolute atomic E-state index is 11.9. The topological polar surface area (TPSA) is 73.9 Å². The number of rotatable bonds is 9. The Morgan fingerprint density at radius 3 is 2.39 bits per heavy atom. The van der Waals surface area contributed by atoms with E-state index in [1.54, 1.807) is 7.11 Å². The zero-order chi connectivity index (χ0) is 20.5. The van der Waals surface area contributed by atoms with Crippen molar-refractivity contribution in [1.29, 1.82) is 0 Å². The van der Waals surface area contributed by atoms with E-state index in [0.29, 0.717) is 18.2 Å². The molecule has 1 amide bonds. The van der Waals surface area contributed by atoms with Gasteiger partial charge in [0, 0.05) is 6.54 Å². The number of ether oxygens (including phenoxy) is 3. The highest BCUT2D eigenvalue weighted by Crippen LogP contribution is 2.24. The van der Waals surface area contributed by atoms with Gasteiger partial charge in [0.2, 0.25) is 0 Å². The van der Waals surface area contributed by atoms with Gasteiger partial charge in [-0.1, -0.05) is 38.1 Å². The summed E-state index contributed by atoms with van der Waals surface area (Å²) in [4.78, 5) is 23.7. The Bertz CT molecular complexity index is 799. The second kappa shape index (κ2) is 10.3. The van der Waals surface area contributed by atoms with Gasteiger partial charge in [0.15, 0.2) is 13.2 Å². The third-order valence-corrected chi connectivity index (χ3v) is 4.24. The lowest BCUT2D eigenvalue weighted by Crippen LogP contribution is -2.29. The molecule has 0 saturated heterocycles. The first-order valence-electron chi connectivity index (χ1n) is 9.17. The van der Waals surface area contributed by atoms with Crippen molar-refractivity contribution in [3.63, 3.8) is 0 Å². The highest BCUT2D eigenvalue weighted by atomic mass is 16.6. The van der Waals surface area contributed by atoms with E-state index >= 15 is 0 Å². The van der Waals surface area contributed by atoms with E-state index in [1.165, 1.54) is 0 Å². The fourth-order valence-corrected chi connectivity index (χ4v) is 2.45. The van der Waals surface area contributed by atoms with Crippen molar-refractivity contribution < 1.29 is 23.8 Å². The Morgan fingerprint density at radius 1 is 1.04 bits per heavy atom. The minimum absolute atomic E-state index is 0.242. The maximum atomic E-state index is 11.9. The molecule has 28 heavy (non-hydrogen) atoms. The van der Waals surface area contributed by atoms with Crippen molar-refractivity contribution in [3.8, 4) is 11.5 Å². The molecule has 2 rings (SSSR count). The molecule has 1 N–H and O–H groups in total. The molecule has 6 heteroatoms. The van der Waals surface area contributed by atoms with Gasteiger partial charge < -0.3 is 19.5 Å². The van der Waals surface area contributed by atoms with Gasteiger partial charge in [-0.15, -0.1) is 0 Å². The van der Waals surface area contributed by atoms with E-state index in [2.05, 4.69) is 19.2 Å². The summed E-state index contributed by atoms with van der Waals surface area (Å²) < 4.78 is 15.6. The molecule has 0 aliphatic rings. The number of esters is 1. The summed E-state index contributed by atoms with van der Waals surface area (Å²) in [6.45, 7) is 5.85. The molecule has 0 fully saturated rings. The lowest BCUT2D eigenvalue weighted by atomic mass is 10.0. The van der Waals surface area contributed by atoms with Crippen molar-refractivity contribution in [3.05, 3.63) is 59.2 Å². The number of amides is 1. The maximum Gasteiger partial charge on any atom is 0.344 e. The van der Waals surface area contributed by atoms with Gasteiger partial charge >= 0.3 is 5.97 Å². The summed E-state index contributed by atoms with van der Waals surface area (Å²) in [6, 6.07) is 13.3. The van der Waals surface area contributed by atoms with Gasteiger partial charge in [0.1, 0.15) is 11.5 Å². The number of nitrogens with one attached hydrogen (secondary N) is 1. The van der Waals surface area contributed by atoms with E-state index in [4.69, 9.17) is 14.2 Å².